The number of carbonyl (C=O) groups is 1. The number of aromatic nitrogens is 1. The molecule has 0 bridgehead atoms. The largest absolute Gasteiger partial charge is 0.439 e. The van der Waals surface area contributed by atoms with Gasteiger partial charge in [0.15, 0.2) is 0 Å². The summed E-state index contributed by atoms with van der Waals surface area (Å²) in [6.07, 6.45) is -1.44. The number of nitrogens with zero attached hydrogens (tertiary/aromatic N) is 1. The summed E-state index contributed by atoms with van der Waals surface area (Å²) in [4.78, 5) is 16.4. The van der Waals surface area contributed by atoms with Crippen molar-refractivity contribution < 1.29 is 27.4 Å². The van der Waals surface area contributed by atoms with Crippen LogP contribution in [0.3, 0.4) is 0 Å². The van der Waals surface area contributed by atoms with Crippen LogP contribution < -0.4 is 10.1 Å². The van der Waals surface area contributed by atoms with E-state index in [0.29, 0.717) is 12.2 Å². The molecule has 1 aromatic heterocycles. The second-order valence-electron chi connectivity index (χ2n) is 6.49. The highest BCUT2D eigenvalue weighted by atomic mass is 19.4. The van der Waals surface area contributed by atoms with Crippen LogP contribution in [-0.4, -0.2) is 24.6 Å². The van der Waals surface area contributed by atoms with Gasteiger partial charge in [-0.3, -0.25) is 4.79 Å². The molecule has 2 aromatic rings. The fraction of sp³-hybridized carbons (Fsp3) is 0.368. The Morgan fingerprint density at radius 1 is 1.26 bits per heavy atom. The first-order valence-corrected chi connectivity index (χ1v) is 8.40. The summed E-state index contributed by atoms with van der Waals surface area (Å²) >= 11 is 0. The first-order chi connectivity index (χ1) is 12.8. The predicted molar refractivity (Wildman–Crippen MR) is 91.1 cm³/mol. The van der Waals surface area contributed by atoms with Crippen LogP contribution in [0.2, 0.25) is 0 Å². The lowest BCUT2D eigenvalue weighted by Gasteiger charge is -2.15. The summed E-state index contributed by atoms with van der Waals surface area (Å²) in [6, 6.07) is 7.94. The van der Waals surface area contributed by atoms with Crippen molar-refractivity contribution in [3.05, 3.63) is 53.7 Å². The standard InChI is InChI=1S/C19H19F3N2O3/c1-26-12-18(7-8-18)17(25)24-11-13-4-3-9-23-16(13)27-15-6-2-5-14(10-15)19(20,21)22/h2-6,9-10H,7-8,11-12H2,1H3,(H,24,25). The average molecular weight is 380 g/mol. The van der Waals surface area contributed by atoms with E-state index < -0.39 is 17.2 Å². The number of ether oxygens (including phenoxy) is 2. The molecule has 0 unspecified atom stereocenters. The molecule has 1 aromatic carbocycles. The zero-order valence-corrected chi connectivity index (χ0v) is 14.7. The topological polar surface area (TPSA) is 60.5 Å². The van der Waals surface area contributed by atoms with Gasteiger partial charge in [0, 0.05) is 25.4 Å². The smallest absolute Gasteiger partial charge is 0.416 e. The number of nitrogens with one attached hydrogen (secondary N) is 1. The van der Waals surface area contributed by atoms with Gasteiger partial charge in [-0.05, 0) is 37.1 Å². The Balaban J connectivity index is 1.70. The molecule has 27 heavy (non-hydrogen) atoms. The first kappa shape index (κ1) is 19.2. The van der Waals surface area contributed by atoms with E-state index in [4.69, 9.17) is 9.47 Å². The minimum absolute atomic E-state index is 0.0224. The lowest BCUT2D eigenvalue weighted by Crippen LogP contribution is -2.34. The van der Waals surface area contributed by atoms with Crippen molar-refractivity contribution in [2.24, 2.45) is 5.41 Å². The highest BCUT2D eigenvalue weighted by Gasteiger charge is 2.49. The van der Waals surface area contributed by atoms with E-state index in [-0.39, 0.29) is 24.1 Å². The molecule has 1 amide bonds. The monoisotopic (exact) mass is 380 g/mol. The summed E-state index contributed by atoms with van der Waals surface area (Å²) in [5, 5.41) is 2.83. The molecular weight excluding hydrogens is 361 g/mol. The SMILES string of the molecule is COCC1(C(=O)NCc2cccnc2Oc2cccc(C(F)(F)F)c2)CC1. The number of carbonyl (C=O) groups excluding carboxylic acids is 1. The lowest BCUT2D eigenvalue weighted by atomic mass is 10.1. The zero-order valence-electron chi connectivity index (χ0n) is 14.7. The fourth-order valence-electron chi connectivity index (χ4n) is 2.73. The van der Waals surface area contributed by atoms with Gasteiger partial charge in [0.2, 0.25) is 11.8 Å². The normalized spacial score (nSPS) is 15.3. The Morgan fingerprint density at radius 3 is 2.70 bits per heavy atom. The molecule has 0 saturated heterocycles. The van der Waals surface area contributed by atoms with Gasteiger partial charge in [0.25, 0.3) is 0 Å². The van der Waals surface area contributed by atoms with Gasteiger partial charge in [-0.2, -0.15) is 13.2 Å². The third-order valence-corrected chi connectivity index (χ3v) is 4.42. The molecule has 1 aliphatic rings. The minimum atomic E-state index is -4.46. The maximum absolute atomic E-state index is 12.8. The molecule has 0 aliphatic heterocycles. The molecule has 1 aliphatic carbocycles. The van der Waals surface area contributed by atoms with Crippen molar-refractivity contribution in [3.63, 3.8) is 0 Å². The van der Waals surface area contributed by atoms with E-state index in [1.54, 1.807) is 19.2 Å². The molecule has 1 N–H and O–H groups in total. The molecule has 1 saturated carbocycles. The summed E-state index contributed by atoms with van der Waals surface area (Å²) in [5.41, 5.74) is -0.712. The van der Waals surface area contributed by atoms with Crippen LogP contribution in [0.25, 0.3) is 0 Å². The maximum Gasteiger partial charge on any atom is 0.416 e. The van der Waals surface area contributed by atoms with E-state index in [0.717, 1.165) is 25.0 Å². The number of amides is 1. The quantitative estimate of drug-likeness (QED) is 0.791. The average Bonchev–Trinajstić information content (AvgIpc) is 3.41. The Labute approximate surface area is 154 Å². The lowest BCUT2D eigenvalue weighted by molar-refractivity contribution is -0.137. The van der Waals surface area contributed by atoms with Gasteiger partial charge >= 0.3 is 6.18 Å². The van der Waals surface area contributed by atoms with Crippen LogP contribution in [0.4, 0.5) is 13.2 Å². The number of alkyl halides is 3. The van der Waals surface area contributed by atoms with Crippen molar-refractivity contribution in [2.45, 2.75) is 25.6 Å². The number of pyridine rings is 1. The van der Waals surface area contributed by atoms with Crippen molar-refractivity contribution in [1.82, 2.24) is 10.3 Å². The second kappa shape index (κ2) is 7.56. The Hall–Kier alpha value is -2.61. The molecular formula is C19H19F3N2O3. The zero-order chi connectivity index (χ0) is 19.5. The van der Waals surface area contributed by atoms with Gasteiger partial charge in [-0.25, -0.2) is 4.98 Å². The van der Waals surface area contributed by atoms with Crippen molar-refractivity contribution in [1.29, 1.82) is 0 Å². The molecule has 1 heterocycles. The molecule has 0 atom stereocenters. The van der Waals surface area contributed by atoms with Crippen LogP contribution in [0.1, 0.15) is 24.0 Å². The Kier molecular flexibility index (Phi) is 5.36. The maximum atomic E-state index is 12.8. The van der Waals surface area contributed by atoms with Gasteiger partial charge < -0.3 is 14.8 Å². The number of hydrogen-bond donors (Lipinski definition) is 1. The number of halogens is 3. The van der Waals surface area contributed by atoms with Gasteiger partial charge in [0.05, 0.1) is 17.6 Å². The number of benzene rings is 1. The summed E-state index contributed by atoms with van der Waals surface area (Å²) in [6.45, 7) is 0.520. The van der Waals surface area contributed by atoms with Crippen molar-refractivity contribution in [3.8, 4) is 11.6 Å². The second-order valence-corrected chi connectivity index (χ2v) is 6.49. The van der Waals surface area contributed by atoms with E-state index in [2.05, 4.69) is 10.3 Å². The highest BCUT2D eigenvalue weighted by Crippen LogP contribution is 2.46. The Morgan fingerprint density at radius 2 is 2.04 bits per heavy atom. The van der Waals surface area contributed by atoms with Gasteiger partial charge in [0.1, 0.15) is 5.75 Å². The molecule has 1 fully saturated rings. The van der Waals surface area contributed by atoms with Gasteiger partial charge in [-0.15, -0.1) is 0 Å². The predicted octanol–water partition coefficient (Wildman–Crippen LogP) is 3.94. The molecule has 0 radical (unpaired) electrons. The molecule has 3 rings (SSSR count). The number of rotatable bonds is 7. The first-order valence-electron chi connectivity index (χ1n) is 8.40. The van der Waals surface area contributed by atoms with Crippen molar-refractivity contribution >= 4 is 5.91 Å². The van der Waals surface area contributed by atoms with Crippen LogP contribution in [-0.2, 0) is 22.3 Å². The fourth-order valence-corrected chi connectivity index (χ4v) is 2.73. The molecule has 5 nitrogen and oxygen atoms in total. The van der Waals surface area contributed by atoms with Crippen molar-refractivity contribution in [2.75, 3.05) is 13.7 Å². The Bertz CT molecular complexity index is 820. The van der Waals surface area contributed by atoms with E-state index >= 15 is 0 Å². The van der Waals surface area contributed by atoms with Crippen LogP contribution in [0.15, 0.2) is 42.6 Å². The summed E-state index contributed by atoms with van der Waals surface area (Å²) < 4.78 is 49.2. The van der Waals surface area contributed by atoms with Crippen LogP contribution in [0.5, 0.6) is 11.6 Å². The molecule has 144 valence electrons. The van der Waals surface area contributed by atoms with Gasteiger partial charge in [-0.1, -0.05) is 12.1 Å². The summed E-state index contributed by atoms with van der Waals surface area (Å²) in [5.74, 6) is 0.0566. The minimum Gasteiger partial charge on any atom is -0.439 e. The van der Waals surface area contributed by atoms with E-state index in [9.17, 15) is 18.0 Å². The number of hydrogen-bond acceptors (Lipinski definition) is 4. The van der Waals surface area contributed by atoms with E-state index in [1.807, 2.05) is 0 Å². The van der Waals surface area contributed by atoms with E-state index in [1.165, 1.54) is 18.3 Å². The summed E-state index contributed by atoms with van der Waals surface area (Å²) in [7, 11) is 1.55. The van der Waals surface area contributed by atoms with Crippen LogP contribution in [0, 0.1) is 5.41 Å². The molecule has 0 spiro atoms. The van der Waals surface area contributed by atoms with Crippen LogP contribution >= 0.6 is 0 Å². The number of methoxy groups -OCH3 is 1. The molecule has 8 heteroatoms. The highest BCUT2D eigenvalue weighted by molar-refractivity contribution is 5.85. The third-order valence-electron chi connectivity index (χ3n) is 4.42. The third kappa shape index (κ3) is 4.57.